The maximum atomic E-state index is 9.95. The van der Waals surface area contributed by atoms with E-state index in [4.69, 9.17) is 5.73 Å². The number of hydrogen-bond acceptors (Lipinski definition) is 4. The van der Waals surface area contributed by atoms with E-state index in [0.717, 1.165) is 11.0 Å². The standard InChI is InChI=1S/C13H12N4O/c1-17-11-7-15-5-4-10(11)16-13(17)9-3-2-8(14)6-12(9)18/h2-7,18H,14H2,1H3. The quantitative estimate of drug-likeness (QED) is 0.637. The number of aromatic hydroxyl groups is 1. The lowest BCUT2D eigenvalue weighted by molar-refractivity contribution is 0.477. The van der Waals surface area contributed by atoms with Crippen LogP contribution in [0.1, 0.15) is 0 Å². The molecule has 0 radical (unpaired) electrons. The Bertz CT molecular complexity index is 733. The number of anilines is 1. The highest BCUT2D eigenvalue weighted by Crippen LogP contribution is 2.31. The number of phenols is 1. The maximum Gasteiger partial charge on any atom is 0.144 e. The van der Waals surface area contributed by atoms with Gasteiger partial charge >= 0.3 is 0 Å². The van der Waals surface area contributed by atoms with Gasteiger partial charge in [-0.25, -0.2) is 4.98 Å². The minimum Gasteiger partial charge on any atom is -0.507 e. The van der Waals surface area contributed by atoms with Crippen LogP contribution in [-0.4, -0.2) is 19.6 Å². The normalized spacial score (nSPS) is 10.9. The van der Waals surface area contributed by atoms with Crippen molar-refractivity contribution >= 4 is 16.7 Å². The Labute approximate surface area is 104 Å². The fourth-order valence-electron chi connectivity index (χ4n) is 2.01. The Morgan fingerprint density at radius 3 is 2.83 bits per heavy atom. The molecule has 1 aromatic carbocycles. The summed E-state index contributed by atoms with van der Waals surface area (Å²) in [5.41, 5.74) is 8.57. The minimum absolute atomic E-state index is 0.126. The second kappa shape index (κ2) is 3.73. The third kappa shape index (κ3) is 1.48. The third-order valence-electron chi connectivity index (χ3n) is 2.95. The zero-order valence-electron chi connectivity index (χ0n) is 9.83. The van der Waals surface area contributed by atoms with E-state index in [-0.39, 0.29) is 5.75 Å². The summed E-state index contributed by atoms with van der Waals surface area (Å²) < 4.78 is 1.90. The molecule has 0 fully saturated rings. The van der Waals surface area contributed by atoms with Crippen molar-refractivity contribution in [3.8, 4) is 17.1 Å². The van der Waals surface area contributed by atoms with Crippen molar-refractivity contribution in [2.45, 2.75) is 0 Å². The number of pyridine rings is 1. The lowest BCUT2D eigenvalue weighted by Crippen LogP contribution is -1.94. The summed E-state index contributed by atoms with van der Waals surface area (Å²) in [4.78, 5) is 8.57. The van der Waals surface area contributed by atoms with E-state index in [2.05, 4.69) is 9.97 Å². The highest BCUT2D eigenvalue weighted by atomic mass is 16.3. The molecule has 0 unspecified atom stereocenters. The number of aromatic nitrogens is 3. The first kappa shape index (κ1) is 10.6. The van der Waals surface area contributed by atoms with Gasteiger partial charge in [-0.3, -0.25) is 4.98 Å². The first-order valence-electron chi connectivity index (χ1n) is 5.52. The molecule has 0 aliphatic rings. The molecule has 0 spiro atoms. The van der Waals surface area contributed by atoms with Crippen LogP contribution in [0.15, 0.2) is 36.7 Å². The van der Waals surface area contributed by atoms with Crippen molar-refractivity contribution in [1.29, 1.82) is 0 Å². The van der Waals surface area contributed by atoms with Crippen LogP contribution >= 0.6 is 0 Å². The molecule has 0 amide bonds. The molecule has 5 nitrogen and oxygen atoms in total. The highest BCUT2D eigenvalue weighted by Gasteiger charge is 2.13. The van der Waals surface area contributed by atoms with Gasteiger partial charge < -0.3 is 15.4 Å². The second-order valence-corrected chi connectivity index (χ2v) is 4.14. The zero-order valence-corrected chi connectivity index (χ0v) is 9.83. The zero-order chi connectivity index (χ0) is 12.7. The van der Waals surface area contributed by atoms with Crippen molar-refractivity contribution in [2.75, 3.05) is 5.73 Å². The van der Waals surface area contributed by atoms with Crippen LogP contribution in [0.25, 0.3) is 22.4 Å². The number of phenolic OH excluding ortho intramolecular Hbond substituents is 1. The Hall–Kier alpha value is -2.56. The molecule has 2 heterocycles. The van der Waals surface area contributed by atoms with Crippen LogP contribution in [0.4, 0.5) is 5.69 Å². The molecule has 3 N–H and O–H groups in total. The summed E-state index contributed by atoms with van der Waals surface area (Å²) in [5.74, 6) is 0.817. The summed E-state index contributed by atoms with van der Waals surface area (Å²) in [6, 6.07) is 6.87. The van der Waals surface area contributed by atoms with Crippen molar-refractivity contribution in [3.05, 3.63) is 36.7 Å². The molecule has 18 heavy (non-hydrogen) atoms. The number of fused-ring (bicyclic) bond motifs is 1. The molecule has 0 bridgehead atoms. The summed E-state index contributed by atoms with van der Waals surface area (Å²) in [6.07, 6.45) is 3.45. The van der Waals surface area contributed by atoms with E-state index in [9.17, 15) is 5.11 Å². The number of benzene rings is 1. The third-order valence-corrected chi connectivity index (χ3v) is 2.95. The first-order valence-corrected chi connectivity index (χ1v) is 5.52. The molecule has 0 aliphatic heterocycles. The smallest absolute Gasteiger partial charge is 0.144 e. The number of imidazole rings is 1. The summed E-state index contributed by atoms with van der Waals surface area (Å²) in [5, 5.41) is 9.95. The summed E-state index contributed by atoms with van der Waals surface area (Å²) >= 11 is 0. The van der Waals surface area contributed by atoms with Gasteiger partial charge in [0.2, 0.25) is 0 Å². The van der Waals surface area contributed by atoms with Gasteiger partial charge in [-0.15, -0.1) is 0 Å². The lowest BCUT2D eigenvalue weighted by atomic mass is 10.1. The predicted molar refractivity (Wildman–Crippen MR) is 70.0 cm³/mol. The van der Waals surface area contributed by atoms with Crippen LogP contribution in [-0.2, 0) is 7.05 Å². The minimum atomic E-state index is 0.126. The van der Waals surface area contributed by atoms with Gasteiger partial charge in [0.25, 0.3) is 0 Å². The van der Waals surface area contributed by atoms with Crippen LogP contribution < -0.4 is 5.73 Å². The van der Waals surface area contributed by atoms with Gasteiger partial charge in [0, 0.05) is 25.0 Å². The van der Waals surface area contributed by atoms with Gasteiger partial charge in [-0.2, -0.15) is 0 Å². The molecule has 90 valence electrons. The number of nitrogen functional groups attached to an aromatic ring is 1. The number of nitrogens with two attached hydrogens (primary N) is 1. The molecular formula is C13H12N4O. The predicted octanol–water partition coefficient (Wildman–Crippen LogP) is 1.92. The number of rotatable bonds is 1. The highest BCUT2D eigenvalue weighted by molar-refractivity contribution is 5.81. The molecular weight excluding hydrogens is 228 g/mol. The Kier molecular flexibility index (Phi) is 2.19. The van der Waals surface area contributed by atoms with Crippen LogP contribution in [0.5, 0.6) is 5.75 Å². The van der Waals surface area contributed by atoms with Gasteiger partial charge in [0.15, 0.2) is 0 Å². The van der Waals surface area contributed by atoms with Crippen molar-refractivity contribution in [3.63, 3.8) is 0 Å². The average molecular weight is 240 g/mol. The fourth-order valence-corrected chi connectivity index (χ4v) is 2.01. The monoisotopic (exact) mass is 240 g/mol. The van der Waals surface area contributed by atoms with E-state index in [0.29, 0.717) is 17.1 Å². The Morgan fingerprint density at radius 1 is 1.28 bits per heavy atom. The van der Waals surface area contributed by atoms with Crippen LogP contribution in [0, 0.1) is 0 Å². The van der Waals surface area contributed by atoms with Crippen LogP contribution in [0.2, 0.25) is 0 Å². The van der Waals surface area contributed by atoms with Gasteiger partial charge in [-0.05, 0) is 18.2 Å². The first-order chi connectivity index (χ1) is 8.66. The van der Waals surface area contributed by atoms with Gasteiger partial charge in [-0.1, -0.05) is 0 Å². The van der Waals surface area contributed by atoms with Gasteiger partial charge in [0.1, 0.15) is 11.6 Å². The molecule has 0 saturated heterocycles. The number of nitrogens with zero attached hydrogens (tertiary/aromatic N) is 3. The molecule has 0 atom stereocenters. The fraction of sp³-hybridized carbons (Fsp3) is 0.0769. The molecule has 5 heteroatoms. The Balaban J connectivity index is 2.28. The molecule has 3 rings (SSSR count). The van der Waals surface area contributed by atoms with Crippen molar-refractivity contribution < 1.29 is 5.11 Å². The number of hydrogen-bond donors (Lipinski definition) is 2. The maximum absolute atomic E-state index is 9.95. The SMILES string of the molecule is Cn1c(-c2ccc(N)cc2O)nc2ccncc21. The van der Waals surface area contributed by atoms with E-state index in [1.807, 2.05) is 17.7 Å². The second-order valence-electron chi connectivity index (χ2n) is 4.14. The van der Waals surface area contributed by atoms with Crippen LogP contribution in [0.3, 0.4) is 0 Å². The largest absolute Gasteiger partial charge is 0.507 e. The van der Waals surface area contributed by atoms with E-state index < -0.39 is 0 Å². The van der Waals surface area contributed by atoms with Crippen molar-refractivity contribution in [2.24, 2.45) is 7.05 Å². The van der Waals surface area contributed by atoms with E-state index in [1.54, 1.807) is 24.5 Å². The summed E-state index contributed by atoms with van der Waals surface area (Å²) in [6.45, 7) is 0. The van der Waals surface area contributed by atoms with Gasteiger partial charge in [0.05, 0.1) is 22.8 Å². The topological polar surface area (TPSA) is 77.0 Å². The number of aryl methyl sites for hydroxylation is 1. The Morgan fingerprint density at radius 2 is 2.11 bits per heavy atom. The average Bonchev–Trinajstić information content (AvgIpc) is 2.68. The molecule has 0 saturated carbocycles. The van der Waals surface area contributed by atoms with Crippen molar-refractivity contribution in [1.82, 2.24) is 14.5 Å². The summed E-state index contributed by atoms with van der Waals surface area (Å²) in [7, 11) is 1.89. The lowest BCUT2D eigenvalue weighted by Gasteiger charge is -2.05. The van der Waals surface area contributed by atoms with E-state index >= 15 is 0 Å². The molecule has 3 aromatic rings. The molecule has 0 aliphatic carbocycles. The molecule has 2 aromatic heterocycles. The van der Waals surface area contributed by atoms with E-state index in [1.165, 1.54) is 6.07 Å².